The van der Waals surface area contributed by atoms with E-state index in [1.165, 1.54) is 71.8 Å². The Morgan fingerprint density at radius 2 is 0.891 bits per heavy atom. The van der Waals surface area contributed by atoms with E-state index in [4.69, 9.17) is 9.97 Å². The van der Waals surface area contributed by atoms with E-state index >= 15 is 0 Å². The maximum Gasteiger partial charge on any atom is 0.161 e. The minimum Gasteiger partial charge on any atom is -0.228 e. The Labute approximate surface area is 319 Å². The van der Waals surface area contributed by atoms with Crippen LogP contribution < -0.4 is 0 Å². The average molecular weight is 697 g/mol. The molecule has 0 amide bonds. The third kappa shape index (κ3) is 4.14. The quantitative estimate of drug-likeness (QED) is 0.184. The van der Waals surface area contributed by atoms with E-state index in [0.717, 1.165) is 38.9 Å². The topological polar surface area (TPSA) is 25.8 Å². The van der Waals surface area contributed by atoms with Crippen molar-refractivity contribution in [1.82, 2.24) is 9.97 Å². The molecule has 0 atom stereocenters. The van der Waals surface area contributed by atoms with Gasteiger partial charge in [0, 0.05) is 16.5 Å². The third-order valence-electron chi connectivity index (χ3n) is 12.1. The summed E-state index contributed by atoms with van der Waals surface area (Å²) in [5.74, 6) is 0.732. The van der Waals surface area contributed by atoms with E-state index in [-0.39, 0.29) is 0 Å². The predicted octanol–water partition coefficient (Wildman–Crippen LogP) is 13.3. The number of fused-ring (bicyclic) bond motifs is 15. The van der Waals surface area contributed by atoms with Crippen LogP contribution in [-0.4, -0.2) is 9.97 Å². The summed E-state index contributed by atoms with van der Waals surface area (Å²) in [4.78, 5) is 10.9. The first-order valence-electron chi connectivity index (χ1n) is 19.0. The molecule has 0 saturated heterocycles. The van der Waals surface area contributed by atoms with Gasteiger partial charge in [-0.25, -0.2) is 9.97 Å². The van der Waals surface area contributed by atoms with E-state index < -0.39 is 5.41 Å². The first-order valence-corrected chi connectivity index (χ1v) is 19.0. The lowest BCUT2D eigenvalue weighted by molar-refractivity contribution is 0.795. The number of aromatic nitrogens is 2. The summed E-state index contributed by atoms with van der Waals surface area (Å²) >= 11 is 0. The molecule has 2 aliphatic carbocycles. The molecule has 254 valence electrons. The molecule has 2 aliphatic rings. The highest BCUT2D eigenvalue weighted by atomic mass is 14.9. The summed E-state index contributed by atoms with van der Waals surface area (Å²) in [6.45, 7) is 0. The number of para-hydroxylation sites is 1. The zero-order valence-corrected chi connectivity index (χ0v) is 29.9. The molecule has 0 aliphatic heterocycles. The number of hydrogen-bond acceptors (Lipinski definition) is 2. The summed E-state index contributed by atoms with van der Waals surface area (Å²) in [6.07, 6.45) is 0. The standard InChI is InChI=1S/C53H32N2/c1-2-14-33(15-3-1)34-26-28-36(29-27-34)51-42-22-10-13-25-48(42)54-52(55-51)43-32-47-50(41-21-7-6-18-38(41)43)49-37-17-5-4-16-35(37)30-31-46(49)53(47)44-23-11-8-19-39(44)40-20-9-12-24-45(40)53/h1-32H. The summed E-state index contributed by atoms with van der Waals surface area (Å²) < 4.78 is 0. The summed E-state index contributed by atoms with van der Waals surface area (Å²) in [6, 6.07) is 70.7. The van der Waals surface area contributed by atoms with Crippen LogP contribution in [0, 0.1) is 0 Å². The van der Waals surface area contributed by atoms with Crippen LogP contribution in [-0.2, 0) is 5.41 Å². The Bertz CT molecular complexity index is 3150. The fraction of sp³-hybridized carbons (Fsp3) is 0.0189. The van der Waals surface area contributed by atoms with Gasteiger partial charge in [-0.2, -0.15) is 0 Å². The monoisotopic (exact) mass is 696 g/mol. The molecular formula is C53H32N2. The minimum absolute atomic E-state index is 0.506. The Morgan fingerprint density at radius 1 is 0.327 bits per heavy atom. The molecule has 1 heterocycles. The van der Waals surface area contributed by atoms with Gasteiger partial charge < -0.3 is 0 Å². The van der Waals surface area contributed by atoms with Crippen molar-refractivity contribution in [3.05, 3.63) is 216 Å². The molecule has 0 radical (unpaired) electrons. The molecule has 55 heavy (non-hydrogen) atoms. The molecule has 0 N–H and O–H groups in total. The summed E-state index contributed by atoms with van der Waals surface area (Å²) in [5, 5.41) is 5.94. The molecule has 12 rings (SSSR count). The Morgan fingerprint density at radius 3 is 1.65 bits per heavy atom. The lowest BCUT2D eigenvalue weighted by Gasteiger charge is -2.31. The van der Waals surface area contributed by atoms with E-state index in [9.17, 15) is 0 Å². The van der Waals surface area contributed by atoms with E-state index in [1.54, 1.807) is 0 Å². The fourth-order valence-corrected chi connectivity index (χ4v) is 9.81. The SMILES string of the molecule is c1ccc(-c2ccc(-c3nc(-c4cc5c(c6ccccc46)-c4c(ccc6ccccc46)C54c5ccccc5-c5ccccc54)nc4ccccc34)cc2)cc1. The van der Waals surface area contributed by atoms with Gasteiger partial charge in [-0.1, -0.05) is 182 Å². The number of rotatable bonds is 3. The second-order valence-corrected chi connectivity index (χ2v) is 14.8. The Hall–Kier alpha value is -7.16. The van der Waals surface area contributed by atoms with E-state index in [0.29, 0.717) is 0 Å². The second kappa shape index (κ2) is 11.4. The van der Waals surface area contributed by atoms with Crippen molar-refractivity contribution in [3.8, 4) is 56.0 Å². The maximum atomic E-state index is 5.51. The van der Waals surface area contributed by atoms with E-state index in [1.807, 2.05) is 0 Å². The normalized spacial score (nSPS) is 13.2. The van der Waals surface area contributed by atoms with Gasteiger partial charge in [-0.05, 0) is 89.3 Å². The summed E-state index contributed by atoms with van der Waals surface area (Å²) in [5.41, 5.74) is 16.3. The lowest BCUT2D eigenvalue weighted by Crippen LogP contribution is -2.26. The zero-order chi connectivity index (χ0) is 36.1. The first kappa shape index (κ1) is 30.3. The van der Waals surface area contributed by atoms with Gasteiger partial charge in [0.1, 0.15) is 0 Å². The van der Waals surface area contributed by atoms with Crippen LogP contribution in [0.15, 0.2) is 194 Å². The van der Waals surface area contributed by atoms with Crippen LogP contribution in [0.25, 0.3) is 88.5 Å². The molecule has 0 fully saturated rings. The van der Waals surface area contributed by atoms with Crippen LogP contribution in [0.4, 0.5) is 0 Å². The number of nitrogens with zero attached hydrogens (tertiary/aromatic N) is 2. The number of hydrogen-bond donors (Lipinski definition) is 0. The third-order valence-corrected chi connectivity index (χ3v) is 12.1. The molecule has 1 spiro atoms. The molecule has 2 heteroatoms. The molecule has 1 aromatic heterocycles. The van der Waals surface area contributed by atoms with Gasteiger partial charge in [0.05, 0.1) is 16.6 Å². The predicted molar refractivity (Wildman–Crippen MR) is 227 cm³/mol. The lowest BCUT2D eigenvalue weighted by atomic mass is 9.70. The van der Waals surface area contributed by atoms with Crippen LogP contribution in [0.5, 0.6) is 0 Å². The average Bonchev–Trinajstić information content (AvgIpc) is 3.74. The molecule has 0 unspecified atom stereocenters. The van der Waals surface area contributed by atoms with Crippen molar-refractivity contribution in [2.45, 2.75) is 5.41 Å². The second-order valence-electron chi connectivity index (χ2n) is 14.8. The van der Waals surface area contributed by atoms with Crippen molar-refractivity contribution in [3.63, 3.8) is 0 Å². The highest BCUT2D eigenvalue weighted by Gasteiger charge is 2.52. The van der Waals surface area contributed by atoms with Gasteiger partial charge >= 0.3 is 0 Å². The smallest absolute Gasteiger partial charge is 0.161 e. The van der Waals surface area contributed by atoms with Crippen molar-refractivity contribution < 1.29 is 0 Å². The molecule has 9 aromatic carbocycles. The fourth-order valence-electron chi connectivity index (χ4n) is 9.81. The van der Waals surface area contributed by atoms with Crippen molar-refractivity contribution in [1.29, 1.82) is 0 Å². The highest BCUT2D eigenvalue weighted by molar-refractivity contribution is 6.16. The summed E-state index contributed by atoms with van der Waals surface area (Å²) in [7, 11) is 0. The molecular weight excluding hydrogens is 665 g/mol. The molecule has 2 nitrogen and oxygen atoms in total. The molecule has 0 bridgehead atoms. The molecule has 0 saturated carbocycles. The van der Waals surface area contributed by atoms with Crippen LogP contribution >= 0.6 is 0 Å². The maximum absolute atomic E-state index is 5.51. The Balaban J connectivity index is 1.18. The minimum atomic E-state index is -0.506. The Kier molecular flexibility index (Phi) is 6.29. The van der Waals surface area contributed by atoms with Crippen molar-refractivity contribution >= 4 is 32.4 Å². The van der Waals surface area contributed by atoms with Gasteiger partial charge in [0.2, 0.25) is 0 Å². The highest BCUT2D eigenvalue weighted by Crippen LogP contribution is 2.65. The van der Waals surface area contributed by atoms with Gasteiger partial charge in [0.25, 0.3) is 0 Å². The van der Waals surface area contributed by atoms with Crippen molar-refractivity contribution in [2.75, 3.05) is 0 Å². The molecule has 10 aromatic rings. The van der Waals surface area contributed by atoms with Crippen LogP contribution in [0.2, 0.25) is 0 Å². The largest absolute Gasteiger partial charge is 0.228 e. The van der Waals surface area contributed by atoms with Gasteiger partial charge in [-0.3, -0.25) is 0 Å². The van der Waals surface area contributed by atoms with Crippen LogP contribution in [0.3, 0.4) is 0 Å². The van der Waals surface area contributed by atoms with Gasteiger partial charge in [0.15, 0.2) is 5.82 Å². The van der Waals surface area contributed by atoms with Crippen molar-refractivity contribution in [2.24, 2.45) is 0 Å². The van der Waals surface area contributed by atoms with E-state index in [2.05, 4.69) is 194 Å². The van der Waals surface area contributed by atoms with Crippen LogP contribution in [0.1, 0.15) is 22.3 Å². The van der Waals surface area contributed by atoms with Gasteiger partial charge in [-0.15, -0.1) is 0 Å². The number of benzene rings is 9. The zero-order valence-electron chi connectivity index (χ0n) is 29.9. The first-order chi connectivity index (χ1) is 27.3.